The molecule has 0 aliphatic heterocycles. The Labute approximate surface area is 121 Å². The molecule has 0 unspecified atom stereocenters. The van der Waals surface area contributed by atoms with E-state index in [1.807, 2.05) is 0 Å². The van der Waals surface area contributed by atoms with E-state index in [4.69, 9.17) is 0 Å². The van der Waals surface area contributed by atoms with Gasteiger partial charge in [-0.25, -0.2) is 9.48 Å². The van der Waals surface area contributed by atoms with Gasteiger partial charge in [0.05, 0.1) is 5.25 Å². The lowest BCUT2D eigenvalue weighted by atomic mass is 10.2. The lowest BCUT2D eigenvalue weighted by molar-refractivity contribution is -0.119. The molecular weight excluding hydrogens is 280 g/mol. The minimum absolute atomic E-state index is 0.189. The number of rotatable bonds is 4. The number of carbonyl (C=O) groups is 2. The molecule has 3 amide bonds. The second-order valence-corrected chi connectivity index (χ2v) is 6.10. The monoisotopic (exact) mass is 298 g/mol. The van der Waals surface area contributed by atoms with Gasteiger partial charge in [0.25, 0.3) is 0 Å². The number of amides is 3. The van der Waals surface area contributed by atoms with Crippen molar-refractivity contribution in [3.8, 4) is 0 Å². The zero-order chi connectivity index (χ0) is 14.5. The van der Waals surface area contributed by atoms with E-state index in [0.717, 1.165) is 25.7 Å². The van der Waals surface area contributed by atoms with E-state index in [9.17, 15) is 9.59 Å². The molecule has 0 bridgehead atoms. The van der Waals surface area contributed by atoms with Crippen LogP contribution in [0.3, 0.4) is 0 Å². The smallest absolute Gasteiger partial charge is 0.321 e. The molecule has 1 atom stereocenters. The molecule has 1 aromatic heterocycles. The molecule has 1 aliphatic carbocycles. The highest BCUT2D eigenvalue weighted by Gasteiger charge is 2.22. The summed E-state index contributed by atoms with van der Waals surface area (Å²) in [5.74, 6) is -0.353. The summed E-state index contributed by atoms with van der Waals surface area (Å²) >= 11 is 1.20. The van der Waals surface area contributed by atoms with Crippen LogP contribution in [0.1, 0.15) is 32.6 Å². The number of carbonyl (C=O) groups excluding carboxylic acids is 2. The van der Waals surface area contributed by atoms with Crippen LogP contribution in [-0.4, -0.2) is 43.4 Å². The van der Waals surface area contributed by atoms with Gasteiger partial charge in [-0.05, 0) is 30.2 Å². The van der Waals surface area contributed by atoms with Crippen LogP contribution in [0.2, 0.25) is 0 Å². The molecule has 1 fully saturated rings. The van der Waals surface area contributed by atoms with Crippen molar-refractivity contribution in [3.63, 3.8) is 0 Å². The Bertz CT molecular complexity index is 485. The second-order valence-electron chi connectivity index (χ2n) is 4.79. The number of nitrogens with zero attached hydrogens (tertiary/aromatic N) is 4. The van der Waals surface area contributed by atoms with Gasteiger partial charge in [0, 0.05) is 13.1 Å². The minimum atomic E-state index is -0.450. The molecular formula is C11H18N6O2S. The van der Waals surface area contributed by atoms with Crippen molar-refractivity contribution in [1.82, 2.24) is 30.8 Å². The summed E-state index contributed by atoms with van der Waals surface area (Å²) in [7, 11) is 1.69. The third kappa shape index (κ3) is 3.92. The van der Waals surface area contributed by atoms with E-state index < -0.39 is 11.3 Å². The molecule has 110 valence electrons. The highest BCUT2D eigenvalue weighted by atomic mass is 32.2. The van der Waals surface area contributed by atoms with Gasteiger partial charge in [0.1, 0.15) is 0 Å². The van der Waals surface area contributed by atoms with E-state index in [2.05, 4.69) is 26.2 Å². The van der Waals surface area contributed by atoms with Crippen LogP contribution in [0, 0.1) is 0 Å². The van der Waals surface area contributed by atoms with Crippen molar-refractivity contribution >= 4 is 23.7 Å². The highest BCUT2D eigenvalue weighted by molar-refractivity contribution is 8.00. The zero-order valence-corrected chi connectivity index (χ0v) is 12.3. The van der Waals surface area contributed by atoms with E-state index >= 15 is 0 Å². The maximum Gasteiger partial charge on any atom is 0.321 e. The second kappa shape index (κ2) is 6.69. The van der Waals surface area contributed by atoms with Crippen LogP contribution in [0.4, 0.5) is 4.79 Å². The summed E-state index contributed by atoms with van der Waals surface area (Å²) in [6.07, 6.45) is 4.22. The molecule has 1 aliphatic rings. The molecule has 1 heterocycles. The molecule has 0 saturated heterocycles. The molecule has 0 aromatic carbocycles. The molecule has 2 N–H and O–H groups in total. The number of tetrazole rings is 1. The minimum Gasteiger partial charge on any atom is -0.335 e. The van der Waals surface area contributed by atoms with Gasteiger partial charge in [0.15, 0.2) is 0 Å². The first kappa shape index (κ1) is 14.8. The van der Waals surface area contributed by atoms with Gasteiger partial charge < -0.3 is 5.32 Å². The summed E-state index contributed by atoms with van der Waals surface area (Å²) < 4.78 is 1.48. The topological polar surface area (TPSA) is 102 Å². The predicted molar refractivity (Wildman–Crippen MR) is 73.0 cm³/mol. The van der Waals surface area contributed by atoms with Crippen LogP contribution >= 0.6 is 11.8 Å². The van der Waals surface area contributed by atoms with Crippen molar-refractivity contribution < 1.29 is 9.59 Å². The van der Waals surface area contributed by atoms with Gasteiger partial charge in [-0.3, -0.25) is 10.1 Å². The maximum atomic E-state index is 11.9. The van der Waals surface area contributed by atoms with Crippen molar-refractivity contribution in [2.75, 3.05) is 0 Å². The standard InChI is InChI=1S/C11H18N6O2S/c1-7(20-11-14-15-16-17(11)2)9(18)13-10(19)12-8-5-3-4-6-8/h7-8H,3-6H2,1-2H3,(H2,12,13,18,19)/t7-/m0/s1. The Hall–Kier alpha value is -1.64. The Morgan fingerprint density at radius 3 is 2.70 bits per heavy atom. The van der Waals surface area contributed by atoms with Crippen molar-refractivity contribution in [1.29, 1.82) is 0 Å². The van der Waals surface area contributed by atoms with Crippen molar-refractivity contribution in [2.45, 2.75) is 49.1 Å². The number of thioether (sulfide) groups is 1. The molecule has 2 rings (SSSR count). The fourth-order valence-electron chi connectivity index (χ4n) is 2.04. The van der Waals surface area contributed by atoms with Crippen molar-refractivity contribution in [2.24, 2.45) is 7.05 Å². The Kier molecular flexibility index (Phi) is 4.94. The molecule has 1 saturated carbocycles. The quantitative estimate of drug-likeness (QED) is 0.783. The van der Waals surface area contributed by atoms with Crippen LogP contribution in [0.15, 0.2) is 5.16 Å². The third-order valence-corrected chi connectivity index (χ3v) is 4.28. The average molecular weight is 298 g/mol. The van der Waals surface area contributed by atoms with Gasteiger partial charge >= 0.3 is 6.03 Å². The molecule has 0 spiro atoms. The first-order valence-electron chi connectivity index (χ1n) is 6.56. The molecule has 20 heavy (non-hydrogen) atoms. The Balaban J connectivity index is 1.78. The highest BCUT2D eigenvalue weighted by Crippen LogP contribution is 2.19. The number of hydrogen-bond donors (Lipinski definition) is 2. The summed E-state index contributed by atoms with van der Waals surface area (Å²) in [5, 5.41) is 16.2. The number of aryl methyl sites for hydroxylation is 1. The van der Waals surface area contributed by atoms with Crippen LogP contribution in [-0.2, 0) is 11.8 Å². The lowest BCUT2D eigenvalue weighted by Gasteiger charge is -2.14. The number of urea groups is 1. The van der Waals surface area contributed by atoms with E-state index in [1.165, 1.54) is 16.4 Å². The predicted octanol–water partition coefficient (Wildman–Crippen LogP) is 0.459. The van der Waals surface area contributed by atoms with E-state index in [-0.39, 0.29) is 11.9 Å². The number of imide groups is 1. The van der Waals surface area contributed by atoms with Crippen LogP contribution in [0.5, 0.6) is 0 Å². The van der Waals surface area contributed by atoms with Crippen molar-refractivity contribution in [3.05, 3.63) is 0 Å². The normalized spacial score (nSPS) is 16.9. The zero-order valence-electron chi connectivity index (χ0n) is 11.5. The van der Waals surface area contributed by atoms with Gasteiger partial charge in [-0.2, -0.15) is 0 Å². The summed E-state index contributed by atoms with van der Waals surface area (Å²) in [6, 6.07) is -0.237. The summed E-state index contributed by atoms with van der Waals surface area (Å²) in [6.45, 7) is 1.71. The third-order valence-electron chi connectivity index (χ3n) is 3.16. The number of hydrogen-bond acceptors (Lipinski definition) is 6. The maximum absolute atomic E-state index is 11.9. The SMILES string of the molecule is C[C@H](Sc1nnnn1C)C(=O)NC(=O)NC1CCCC1. The molecule has 0 radical (unpaired) electrons. The number of aromatic nitrogens is 4. The molecule has 8 nitrogen and oxygen atoms in total. The summed E-state index contributed by atoms with van der Waals surface area (Å²) in [4.78, 5) is 23.6. The largest absolute Gasteiger partial charge is 0.335 e. The molecule has 9 heteroatoms. The first-order valence-corrected chi connectivity index (χ1v) is 7.44. The Morgan fingerprint density at radius 2 is 2.10 bits per heavy atom. The van der Waals surface area contributed by atoms with E-state index in [0.29, 0.717) is 5.16 Å². The Morgan fingerprint density at radius 1 is 1.40 bits per heavy atom. The van der Waals surface area contributed by atoms with Crippen LogP contribution in [0.25, 0.3) is 0 Å². The lowest BCUT2D eigenvalue weighted by Crippen LogP contribution is -2.45. The van der Waals surface area contributed by atoms with E-state index in [1.54, 1.807) is 14.0 Å². The van der Waals surface area contributed by atoms with Gasteiger partial charge in [0.2, 0.25) is 11.1 Å². The molecule has 1 aromatic rings. The fourth-order valence-corrected chi connectivity index (χ4v) is 2.79. The first-order chi connectivity index (χ1) is 9.56. The average Bonchev–Trinajstić information content (AvgIpc) is 3.02. The fraction of sp³-hybridized carbons (Fsp3) is 0.727. The van der Waals surface area contributed by atoms with Crippen LogP contribution < -0.4 is 10.6 Å². The van der Waals surface area contributed by atoms with Gasteiger partial charge in [-0.1, -0.05) is 24.6 Å². The summed E-state index contributed by atoms with van der Waals surface area (Å²) in [5.41, 5.74) is 0. The number of nitrogens with one attached hydrogen (secondary N) is 2. The van der Waals surface area contributed by atoms with Gasteiger partial charge in [-0.15, -0.1) is 5.10 Å².